The van der Waals surface area contributed by atoms with Gasteiger partial charge in [0.2, 0.25) is 0 Å². The van der Waals surface area contributed by atoms with E-state index >= 15 is 0 Å². The van der Waals surface area contributed by atoms with Crippen molar-refractivity contribution in [1.29, 1.82) is 0 Å². The van der Waals surface area contributed by atoms with Crippen LogP contribution in [-0.4, -0.2) is 11.4 Å². The van der Waals surface area contributed by atoms with Crippen molar-refractivity contribution < 1.29 is 0 Å². The second kappa shape index (κ2) is 7.27. The Balaban J connectivity index is 2.03. The molecule has 0 heterocycles. The topological polar surface area (TPSA) is 3.24 Å². The van der Waals surface area contributed by atoms with Crippen molar-refractivity contribution in [3.8, 4) is 0 Å². The van der Waals surface area contributed by atoms with Crippen molar-refractivity contribution in [1.82, 2.24) is 4.90 Å². The standard InChI is InChI=1S/C17H18BrN/c1-2-12-19(13-15-6-4-3-5-7-15)14-16-8-10-17(18)11-9-16/h2-11H,1,12-14H2. The van der Waals surface area contributed by atoms with Gasteiger partial charge in [0, 0.05) is 24.1 Å². The van der Waals surface area contributed by atoms with E-state index in [-0.39, 0.29) is 0 Å². The summed E-state index contributed by atoms with van der Waals surface area (Å²) in [6.45, 7) is 6.63. The Morgan fingerprint density at radius 1 is 0.895 bits per heavy atom. The number of benzene rings is 2. The van der Waals surface area contributed by atoms with Crippen molar-refractivity contribution in [2.24, 2.45) is 0 Å². The molecule has 0 bridgehead atoms. The lowest BCUT2D eigenvalue weighted by Crippen LogP contribution is -2.22. The highest BCUT2D eigenvalue weighted by Gasteiger charge is 2.05. The maximum atomic E-state index is 3.85. The van der Waals surface area contributed by atoms with Crippen molar-refractivity contribution >= 4 is 15.9 Å². The number of hydrogen-bond donors (Lipinski definition) is 0. The van der Waals surface area contributed by atoms with E-state index < -0.39 is 0 Å². The van der Waals surface area contributed by atoms with E-state index in [0.29, 0.717) is 0 Å². The Morgan fingerprint density at radius 3 is 2.05 bits per heavy atom. The van der Waals surface area contributed by atoms with Gasteiger partial charge in [-0.1, -0.05) is 64.5 Å². The van der Waals surface area contributed by atoms with Gasteiger partial charge in [-0.3, -0.25) is 4.90 Å². The molecule has 0 N–H and O–H groups in total. The molecular weight excluding hydrogens is 298 g/mol. The summed E-state index contributed by atoms with van der Waals surface area (Å²) in [4.78, 5) is 2.38. The molecule has 0 spiro atoms. The predicted octanol–water partition coefficient (Wildman–Crippen LogP) is 4.64. The van der Waals surface area contributed by atoms with Crippen LogP contribution in [0.2, 0.25) is 0 Å². The summed E-state index contributed by atoms with van der Waals surface area (Å²) in [7, 11) is 0. The lowest BCUT2D eigenvalue weighted by Gasteiger charge is -2.21. The third-order valence-corrected chi connectivity index (χ3v) is 3.48. The molecule has 0 aliphatic rings. The fourth-order valence-electron chi connectivity index (χ4n) is 2.06. The summed E-state index contributed by atoms with van der Waals surface area (Å²) in [5.41, 5.74) is 2.66. The second-order valence-electron chi connectivity index (χ2n) is 4.57. The van der Waals surface area contributed by atoms with E-state index in [2.05, 4.69) is 82.0 Å². The van der Waals surface area contributed by atoms with Crippen molar-refractivity contribution in [2.75, 3.05) is 6.54 Å². The first-order chi connectivity index (χ1) is 9.28. The van der Waals surface area contributed by atoms with Crippen LogP contribution < -0.4 is 0 Å². The molecule has 0 atom stereocenters. The summed E-state index contributed by atoms with van der Waals surface area (Å²) in [6.07, 6.45) is 1.96. The van der Waals surface area contributed by atoms with Crippen LogP contribution >= 0.6 is 15.9 Å². The molecule has 2 rings (SSSR count). The molecule has 0 aliphatic heterocycles. The van der Waals surface area contributed by atoms with E-state index in [9.17, 15) is 0 Å². The molecule has 0 unspecified atom stereocenters. The highest BCUT2D eigenvalue weighted by atomic mass is 79.9. The van der Waals surface area contributed by atoms with Gasteiger partial charge in [-0.15, -0.1) is 6.58 Å². The first-order valence-electron chi connectivity index (χ1n) is 6.39. The third-order valence-electron chi connectivity index (χ3n) is 2.96. The van der Waals surface area contributed by atoms with E-state index in [0.717, 1.165) is 24.1 Å². The molecule has 2 heteroatoms. The van der Waals surface area contributed by atoms with Gasteiger partial charge in [0.25, 0.3) is 0 Å². The summed E-state index contributed by atoms with van der Waals surface area (Å²) in [6, 6.07) is 19.0. The molecule has 0 radical (unpaired) electrons. The molecule has 0 aromatic heterocycles. The zero-order chi connectivity index (χ0) is 13.5. The lowest BCUT2D eigenvalue weighted by atomic mass is 10.1. The van der Waals surface area contributed by atoms with Crippen LogP contribution in [0, 0.1) is 0 Å². The Kier molecular flexibility index (Phi) is 5.37. The molecule has 0 saturated carbocycles. The molecule has 2 aromatic carbocycles. The largest absolute Gasteiger partial charge is 0.291 e. The van der Waals surface area contributed by atoms with Crippen molar-refractivity contribution in [3.05, 3.63) is 82.9 Å². The maximum absolute atomic E-state index is 3.85. The monoisotopic (exact) mass is 315 g/mol. The van der Waals surface area contributed by atoms with Gasteiger partial charge in [-0.25, -0.2) is 0 Å². The first kappa shape index (κ1) is 14.0. The Bertz CT molecular complexity index is 505. The van der Waals surface area contributed by atoms with Gasteiger partial charge in [0.15, 0.2) is 0 Å². The minimum Gasteiger partial charge on any atom is -0.291 e. The van der Waals surface area contributed by atoms with Gasteiger partial charge in [-0.2, -0.15) is 0 Å². The van der Waals surface area contributed by atoms with Crippen LogP contribution in [-0.2, 0) is 13.1 Å². The molecular formula is C17H18BrN. The molecule has 0 amide bonds. The second-order valence-corrected chi connectivity index (χ2v) is 5.49. The molecule has 0 saturated heterocycles. The first-order valence-corrected chi connectivity index (χ1v) is 7.19. The van der Waals surface area contributed by atoms with Crippen LogP contribution in [0.5, 0.6) is 0 Å². The summed E-state index contributed by atoms with van der Waals surface area (Å²) in [5.74, 6) is 0. The van der Waals surface area contributed by atoms with Crippen LogP contribution in [0.3, 0.4) is 0 Å². The van der Waals surface area contributed by atoms with Crippen molar-refractivity contribution in [2.45, 2.75) is 13.1 Å². The Hall–Kier alpha value is -1.38. The zero-order valence-corrected chi connectivity index (χ0v) is 12.5. The number of nitrogens with zero attached hydrogens (tertiary/aromatic N) is 1. The summed E-state index contributed by atoms with van der Waals surface area (Å²) >= 11 is 3.47. The van der Waals surface area contributed by atoms with Crippen LogP contribution in [0.1, 0.15) is 11.1 Å². The van der Waals surface area contributed by atoms with Crippen LogP contribution in [0.25, 0.3) is 0 Å². The molecule has 2 aromatic rings. The van der Waals surface area contributed by atoms with Gasteiger partial charge in [0.05, 0.1) is 0 Å². The molecule has 1 nitrogen and oxygen atoms in total. The minimum absolute atomic E-state index is 0.894. The van der Waals surface area contributed by atoms with E-state index in [1.807, 2.05) is 6.08 Å². The van der Waals surface area contributed by atoms with Crippen LogP contribution in [0.4, 0.5) is 0 Å². The normalized spacial score (nSPS) is 10.6. The number of halogens is 1. The smallest absolute Gasteiger partial charge is 0.0240 e. The SMILES string of the molecule is C=CCN(Cc1ccccc1)Cc1ccc(Br)cc1. The highest BCUT2D eigenvalue weighted by Crippen LogP contribution is 2.14. The zero-order valence-electron chi connectivity index (χ0n) is 10.9. The van der Waals surface area contributed by atoms with E-state index in [4.69, 9.17) is 0 Å². The quantitative estimate of drug-likeness (QED) is 0.702. The predicted molar refractivity (Wildman–Crippen MR) is 84.9 cm³/mol. The number of hydrogen-bond acceptors (Lipinski definition) is 1. The lowest BCUT2D eigenvalue weighted by molar-refractivity contribution is 0.286. The van der Waals surface area contributed by atoms with Crippen LogP contribution in [0.15, 0.2) is 71.7 Å². The average molecular weight is 316 g/mol. The maximum Gasteiger partial charge on any atom is 0.0240 e. The molecule has 0 fully saturated rings. The Morgan fingerprint density at radius 2 is 1.47 bits per heavy atom. The molecule has 0 aliphatic carbocycles. The van der Waals surface area contributed by atoms with E-state index in [1.165, 1.54) is 11.1 Å². The van der Waals surface area contributed by atoms with Crippen molar-refractivity contribution in [3.63, 3.8) is 0 Å². The van der Waals surface area contributed by atoms with Gasteiger partial charge in [0.1, 0.15) is 0 Å². The summed E-state index contributed by atoms with van der Waals surface area (Å²) < 4.78 is 1.12. The van der Waals surface area contributed by atoms with Gasteiger partial charge < -0.3 is 0 Å². The fourth-order valence-corrected chi connectivity index (χ4v) is 2.32. The van der Waals surface area contributed by atoms with E-state index in [1.54, 1.807) is 0 Å². The van der Waals surface area contributed by atoms with Gasteiger partial charge >= 0.3 is 0 Å². The highest BCUT2D eigenvalue weighted by molar-refractivity contribution is 9.10. The fraction of sp³-hybridized carbons (Fsp3) is 0.176. The third kappa shape index (κ3) is 4.66. The number of rotatable bonds is 6. The molecule has 19 heavy (non-hydrogen) atoms. The van der Waals surface area contributed by atoms with Gasteiger partial charge in [-0.05, 0) is 23.3 Å². The summed E-state index contributed by atoms with van der Waals surface area (Å²) in [5, 5.41) is 0. The average Bonchev–Trinajstić information content (AvgIpc) is 2.43. The molecule has 98 valence electrons. The Labute approximate surface area is 123 Å². The minimum atomic E-state index is 0.894.